The maximum Gasteiger partial charge on any atom is 0.359 e. The van der Waals surface area contributed by atoms with Crippen LogP contribution >= 0.6 is 0 Å². The van der Waals surface area contributed by atoms with E-state index in [4.69, 9.17) is 10.5 Å². The highest BCUT2D eigenvalue weighted by Gasteiger charge is 2.20. The molecule has 0 aliphatic rings. The van der Waals surface area contributed by atoms with E-state index in [0.717, 1.165) is 6.54 Å². The van der Waals surface area contributed by atoms with Gasteiger partial charge in [-0.2, -0.15) is 10.2 Å². The standard InChI is InChI=1S/C13H20N6O2/c1-8(2)5-19-10(15-7-16-19)6-21-13(20)12-11(14)9(3)17-18(12)4/h7-8H,5-6,14H2,1-4H3. The van der Waals surface area contributed by atoms with Crippen molar-refractivity contribution in [2.24, 2.45) is 13.0 Å². The molecule has 2 heterocycles. The van der Waals surface area contributed by atoms with Gasteiger partial charge in [-0.15, -0.1) is 0 Å². The number of carbonyl (C=O) groups excluding carboxylic acids is 1. The van der Waals surface area contributed by atoms with Crippen molar-refractivity contribution < 1.29 is 9.53 Å². The van der Waals surface area contributed by atoms with E-state index in [9.17, 15) is 4.79 Å². The predicted octanol–water partition coefficient (Wildman–Crippen LogP) is 0.915. The van der Waals surface area contributed by atoms with Gasteiger partial charge in [-0.25, -0.2) is 14.5 Å². The van der Waals surface area contributed by atoms with E-state index >= 15 is 0 Å². The molecule has 0 bridgehead atoms. The summed E-state index contributed by atoms with van der Waals surface area (Å²) in [5.74, 6) is 0.515. The van der Waals surface area contributed by atoms with Crippen molar-refractivity contribution in [3.63, 3.8) is 0 Å². The number of aromatic nitrogens is 5. The molecule has 0 aliphatic heterocycles. The molecular formula is C13H20N6O2. The van der Waals surface area contributed by atoms with Gasteiger partial charge in [-0.05, 0) is 12.8 Å². The average Bonchev–Trinajstić information content (AvgIpc) is 2.92. The van der Waals surface area contributed by atoms with Gasteiger partial charge < -0.3 is 10.5 Å². The zero-order chi connectivity index (χ0) is 15.6. The number of anilines is 1. The van der Waals surface area contributed by atoms with Gasteiger partial charge in [0.25, 0.3) is 0 Å². The molecule has 0 saturated heterocycles. The van der Waals surface area contributed by atoms with E-state index in [0.29, 0.717) is 23.1 Å². The summed E-state index contributed by atoms with van der Waals surface area (Å²) in [5.41, 5.74) is 7.03. The first kappa shape index (κ1) is 15.0. The summed E-state index contributed by atoms with van der Waals surface area (Å²) in [4.78, 5) is 16.2. The van der Waals surface area contributed by atoms with Crippen molar-refractivity contribution in [1.82, 2.24) is 24.5 Å². The minimum atomic E-state index is -0.519. The third kappa shape index (κ3) is 3.21. The Hall–Kier alpha value is -2.38. The van der Waals surface area contributed by atoms with E-state index in [2.05, 4.69) is 29.0 Å². The molecule has 0 aromatic carbocycles. The zero-order valence-electron chi connectivity index (χ0n) is 12.7. The number of hydrogen-bond donors (Lipinski definition) is 1. The van der Waals surface area contributed by atoms with Crippen LogP contribution in [0, 0.1) is 12.8 Å². The van der Waals surface area contributed by atoms with Crippen LogP contribution in [0.15, 0.2) is 6.33 Å². The first-order valence-corrected chi connectivity index (χ1v) is 6.73. The predicted molar refractivity (Wildman–Crippen MR) is 76.3 cm³/mol. The van der Waals surface area contributed by atoms with Crippen molar-refractivity contribution in [2.45, 2.75) is 33.9 Å². The number of nitrogens with zero attached hydrogens (tertiary/aromatic N) is 5. The van der Waals surface area contributed by atoms with Crippen molar-refractivity contribution in [1.29, 1.82) is 0 Å². The smallest absolute Gasteiger partial charge is 0.359 e. The highest BCUT2D eigenvalue weighted by atomic mass is 16.5. The molecule has 0 atom stereocenters. The molecule has 21 heavy (non-hydrogen) atoms. The fraction of sp³-hybridized carbons (Fsp3) is 0.538. The summed E-state index contributed by atoms with van der Waals surface area (Å²) in [6.07, 6.45) is 1.45. The van der Waals surface area contributed by atoms with Crippen LogP contribution in [0.25, 0.3) is 0 Å². The van der Waals surface area contributed by atoms with E-state index in [-0.39, 0.29) is 12.3 Å². The van der Waals surface area contributed by atoms with Crippen molar-refractivity contribution in [2.75, 3.05) is 5.73 Å². The fourth-order valence-corrected chi connectivity index (χ4v) is 2.01. The molecule has 0 radical (unpaired) electrons. The zero-order valence-corrected chi connectivity index (χ0v) is 12.7. The number of esters is 1. The second kappa shape index (κ2) is 5.94. The van der Waals surface area contributed by atoms with Gasteiger partial charge >= 0.3 is 5.97 Å². The van der Waals surface area contributed by atoms with Gasteiger partial charge in [0.05, 0.1) is 11.4 Å². The minimum absolute atomic E-state index is 0.0508. The molecule has 0 amide bonds. The number of ether oxygens (including phenoxy) is 1. The Morgan fingerprint density at radius 2 is 2.19 bits per heavy atom. The molecule has 2 N–H and O–H groups in total. The summed E-state index contributed by atoms with van der Waals surface area (Å²) in [6, 6.07) is 0. The van der Waals surface area contributed by atoms with Crippen molar-refractivity contribution >= 4 is 11.7 Å². The Morgan fingerprint density at radius 1 is 1.48 bits per heavy atom. The maximum absolute atomic E-state index is 12.1. The summed E-state index contributed by atoms with van der Waals surface area (Å²) < 4.78 is 8.42. The van der Waals surface area contributed by atoms with E-state index in [1.807, 2.05) is 0 Å². The van der Waals surface area contributed by atoms with E-state index < -0.39 is 5.97 Å². The molecule has 0 unspecified atom stereocenters. The van der Waals surface area contributed by atoms with Crippen LogP contribution in [0.3, 0.4) is 0 Å². The summed E-state index contributed by atoms with van der Waals surface area (Å²) in [6.45, 7) is 6.67. The Labute approximate surface area is 122 Å². The van der Waals surface area contributed by atoms with Crippen LogP contribution in [0.2, 0.25) is 0 Å². The number of nitrogen functional groups attached to an aromatic ring is 1. The summed E-state index contributed by atoms with van der Waals surface area (Å²) >= 11 is 0. The lowest BCUT2D eigenvalue weighted by molar-refractivity contribution is 0.0444. The Bertz CT molecular complexity index is 643. The lowest BCUT2D eigenvalue weighted by Gasteiger charge is -2.09. The van der Waals surface area contributed by atoms with E-state index in [1.54, 1.807) is 18.7 Å². The van der Waals surface area contributed by atoms with Gasteiger partial charge in [0.1, 0.15) is 6.33 Å². The molecule has 0 spiro atoms. The number of rotatable bonds is 5. The molecule has 0 fully saturated rings. The molecule has 2 aromatic rings. The molecule has 8 heteroatoms. The largest absolute Gasteiger partial charge is 0.453 e. The quantitative estimate of drug-likeness (QED) is 0.822. The average molecular weight is 292 g/mol. The molecule has 114 valence electrons. The van der Waals surface area contributed by atoms with Gasteiger partial charge in [0, 0.05) is 13.6 Å². The van der Waals surface area contributed by atoms with Gasteiger partial charge in [0.15, 0.2) is 18.1 Å². The molecular weight excluding hydrogens is 272 g/mol. The Morgan fingerprint density at radius 3 is 2.76 bits per heavy atom. The Kier molecular flexibility index (Phi) is 4.25. The van der Waals surface area contributed by atoms with E-state index in [1.165, 1.54) is 11.0 Å². The van der Waals surface area contributed by atoms with Gasteiger partial charge in [-0.1, -0.05) is 13.8 Å². The van der Waals surface area contributed by atoms with Crippen LogP contribution in [0.1, 0.15) is 35.9 Å². The van der Waals surface area contributed by atoms with Crippen LogP contribution in [-0.2, 0) is 24.9 Å². The number of nitrogens with two attached hydrogens (primary N) is 1. The number of carbonyl (C=O) groups is 1. The number of hydrogen-bond acceptors (Lipinski definition) is 6. The third-order valence-electron chi connectivity index (χ3n) is 3.03. The first-order chi connectivity index (χ1) is 9.90. The topological polar surface area (TPSA) is 101 Å². The summed E-state index contributed by atoms with van der Waals surface area (Å²) in [7, 11) is 1.65. The Balaban J connectivity index is 2.06. The van der Waals surface area contributed by atoms with Crippen LogP contribution in [-0.4, -0.2) is 30.5 Å². The highest BCUT2D eigenvalue weighted by Crippen LogP contribution is 2.16. The molecule has 8 nitrogen and oxygen atoms in total. The highest BCUT2D eigenvalue weighted by molar-refractivity contribution is 5.93. The maximum atomic E-state index is 12.1. The monoisotopic (exact) mass is 292 g/mol. The van der Waals surface area contributed by atoms with Crippen molar-refractivity contribution in [3.8, 4) is 0 Å². The SMILES string of the molecule is Cc1nn(C)c(C(=O)OCc2ncnn2CC(C)C)c1N. The van der Waals surface area contributed by atoms with Crippen LogP contribution < -0.4 is 5.73 Å². The molecule has 2 rings (SSSR count). The third-order valence-corrected chi connectivity index (χ3v) is 3.03. The lowest BCUT2D eigenvalue weighted by Crippen LogP contribution is -2.16. The second-order valence-corrected chi connectivity index (χ2v) is 5.30. The molecule has 2 aromatic heterocycles. The normalized spacial score (nSPS) is 11.1. The van der Waals surface area contributed by atoms with Gasteiger partial charge in [0.2, 0.25) is 0 Å². The van der Waals surface area contributed by atoms with Gasteiger partial charge in [-0.3, -0.25) is 4.68 Å². The first-order valence-electron chi connectivity index (χ1n) is 6.73. The minimum Gasteiger partial charge on any atom is -0.453 e. The molecule has 0 saturated carbocycles. The second-order valence-electron chi connectivity index (χ2n) is 5.30. The summed E-state index contributed by atoms with van der Waals surface area (Å²) in [5, 5.41) is 8.21. The lowest BCUT2D eigenvalue weighted by atomic mass is 10.2. The molecule has 0 aliphatic carbocycles. The fourth-order valence-electron chi connectivity index (χ4n) is 2.01. The van der Waals surface area contributed by atoms with Crippen LogP contribution in [0.4, 0.5) is 5.69 Å². The van der Waals surface area contributed by atoms with Crippen LogP contribution in [0.5, 0.6) is 0 Å². The van der Waals surface area contributed by atoms with Crippen molar-refractivity contribution in [3.05, 3.63) is 23.5 Å². The number of aryl methyl sites for hydroxylation is 2.